The number of nitrogens with zero attached hydrogens (tertiary/aromatic N) is 2. The summed E-state index contributed by atoms with van der Waals surface area (Å²) in [6, 6.07) is 15.4. The van der Waals surface area contributed by atoms with Crippen molar-refractivity contribution in [3.05, 3.63) is 87.8 Å². The molecule has 10 nitrogen and oxygen atoms in total. The van der Waals surface area contributed by atoms with E-state index < -0.39 is 16.8 Å². The molecule has 2 aromatic carbocycles. The van der Waals surface area contributed by atoms with E-state index in [4.69, 9.17) is 14.3 Å². The minimum atomic E-state index is -0.808. The van der Waals surface area contributed by atoms with Gasteiger partial charge in [0.2, 0.25) is 0 Å². The molecule has 206 valence electrons. The van der Waals surface area contributed by atoms with Crippen LogP contribution in [0.1, 0.15) is 29.9 Å². The number of thioether (sulfide) groups is 1. The number of methoxy groups -OCH3 is 1. The van der Waals surface area contributed by atoms with E-state index in [-0.39, 0.29) is 0 Å². The molecule has 0 aliphatic heterocycles. The molecule has 3 rings (SSSR count). The normalized spacial score (nSPS) is 12.0. The minimum absolute atomic E-state index is 0.409. The number of hydrogen-bond acceptors (Lipinski definition) is 9. The van der Waals surface area contributed by atoms with Crippen molar-refractivity contribution >= 4 is 28.5 Å². The number of benzene rings is 2. The number of carboxylic acid groups (broad SMARTS) is 1. The fourth-order valence-electron chi connectivity index (χ4n) is 3.41. The Kier molecular flexibility index (Phi) is 12.5. The Morgan fingerprint density at radius 3 is 2.50 bits per heavy atom. The molecule has 3 aromatic rings. The summed E-state index contributed by atoms with van der Waals surface area (Å²) in [5.41, 5.74) is 0.815. The van der Waals surface area contributed by atoms with E-state index >= 15 is 0 Å². The highest BCUT2D eigenvalue weighted by molar-refractivity contribution is 7.98. The van der Waals surface area contributed by atoms with Crippen LogP contribution in [0, 0.1) is 10.1 Å². The number of ether oxygens (including phenoxy) is 1. The third-order valence-corrected chi connectivity index (χ3v) is 6.42. The fraction of sp³-hybridized carbons (Fsp3) is 0.370. The Morgan fingerprint density at radius 2 is 1.87 bits per heavy atom. The van der Waals surface area contributed by atoms with Crippen LogP contribution in [0.4, 0.5) is 0 Å². The molecule has 0 saturated carbocycles. The predicted octanol–water partition coefficient (Wildman–Crippen LogP) is 4.50. The first-order valence-electron chi connectivity index (χ1n) is 12.0. The van der Waals surface area contributed by atoms with Crippen molar-refractivity contribution in [1.29, 1.82) is 0 Å². The lowest BCUT2D eigenvalue weighted by Gasteiger charge is -2.08. The van der Waals surface area contributed by atoms with Crippen LogP contribution in [0.25, 0.3) is 10.8 Å². The summed E-state index contributed by atoms with van der Waals surface area (Å²) in [4.78, 5) is 22.8. The van der Waals surface area contributed by atoms with Crippen LogP contribution in [0.3, 0.4) is 0 Å². The Hall–Kier alpha value is -3.70. The summed E-state index contributed by atoms with van der Waals surface area (Å²) in [6.07, 6.45) is 0.921. The molecule has 1 atom stereocenters. The van der Waals surface area contributed by atoms with Gasteiger partial charge in [-0.15, -0.1) is 0 Å². The van der Waals surface area contributed by atoms with E-state index in [2.05, 4.69) is 15.5 Å². The first-order chi connectivity index (χ1) is 18.1. The highest BCUT2D eigenvalue weighted by atomic mass is 32.2. The summed E-state index contributed by atoms with van der Waals surface area (Å²) >= 11 is 1.72. The average molecular weight is 545 g/mol. The van der Waals surface area contributed by atoms with Crippen LogP contribution < -0.4 is 15.4 Å². The van der Waals surface area contributed by atoms with Crippen molar-refractivity contribution in [1.82, 2.24) is 15.5 Å². The maximum Gasteiger partial charge on any atom is 0.310 e. The third kappa shape index (κ3) is 10.3. The van der Waals surface area contributed by atoms with Gasteiger partial charge in [0.1, 0.15) is 17.3 Å². The number of nitrogens with one attached hydrogen (secondary N) is 2. The van der Waals surface area contributed by atoms with Crippen molar-refractivity contribution in [3.8, 4) is 5.75 Å². The standard InChI is InChI=1S/C14H14O3.C13H22N4O3S/c1-9(14(15)16)10-3-4-12-8-13(17-2)6-5-11(12)7-10;1-14-13(9-17(18)19)15-6-7-21-10-12-5-4-11(20-12)8-16(2)3/h3-9H,1-2H3,(H,15,16);4-5,9,14-15H,6-8,10H2,1-3H3/b;13-9+/t9-;/m0./s1. The van der Waals surface area contributed by atoms with E-state index in [0.717, 1.165) is 57.9 Å². The number of nitro groups is 1. The highest BCUT2D eigenvalue weighted by Gasteiger charge is 2.13. The number of aliphatic carboxylic acids is 1. The fourth-order valence-corrected chi connectivity index (χ4v) is 4.16. The smallest absolute Gasteiger partial charge is 0.310 e. The molecule has 1 aromatic heterocycles. The number of hydrogen-bond donors (Lipinski definition) is 3. The van der Waals surface area contributed by atoms with Crippen molar-refractivity contribution in [3.63, 3.8) is 0 Å². The molecule has 0 aliphatic rings. The zero-order chi connectivity index (χ0) is 28.1. The van der Waals surface area contributed by atoms with Gasteiger partial charge in [-0.1, -0.05) is 24.3 Å². The molecule has 0 fully saturated rings. The number of rotatable bonds is 13. The lowest BCUT2D eigenvalue weighted by atomic mass is 9.98. The van der Waals surface area contributed by atoms with Gasteiger partial charge < -0.3 is 29.8 Å². The van der Waals surface area contributed by atoms with Gasteiger partial charge in [0.15, 0.2) is 5.82 Å². The van der Waals surface area contributed by atoms with Gasteiger partial charge in [0.05, 0.1) is 30.2 Å². The summed E-state index contributed by atoms with van der Waals surface area (Å²) in [5, 5.41) is 27.1. The zero-order valence-electron chi connectivity index (χ0n) is 22.4. The van der Waals surface area contributed by atoms with Crippen LogP contribution in [0.5, 0.6) is 5.75 Å². The topological polar surface area (TPSA) is 130 Å². The number of fused-ring (bicyclic) bond motifs is 1. The van der Waals surface area contributed by atoms with E-state index in [1.807, 2.05) is 62.6 Å². The van der Waals surface area contributed by atoms with E-state index in [0.29, 0.717) is 12.4 Å². The number of furan rings is 1. The molecule has 0 unspecified atom stereocenters. The molecule has 38 heavy (non-hydrogen) atoms. The van der Waals surface area contributed by atoms with Crippen molar-refractivity contribution in [2.75, 3.05) is 40.6 Å². The number of carboxylic acids is 1. The molecule has 0 spiro atoms. The summed E-state index contributed by atoms with van der Waals surface area (Å²) in [6.45, 7) is 3.13. The lowest BCUT2D eigenvalue weighted by molar-refractivity contribution is -0.404. The monoisotopic (exact) mass is 544 g/mol. The van der Waals surface area contributed by atoms with E-state index in [1.54, 1.807) is 32.8 Å². The molecule has 1 heterocycles. The molecular weight excluding hydrogens is 508 g/mol. The van der Waals surface area contributed by atoms with Crippen LogP contribution in [-0.2, 0) is 17.1 Å². The largest absolute Gasteiger partial charge is 0.497 e. The van der Waals surface area contributed by atoms with Crippen molar-refractivity contribution in [2.24, 2.45) is 0 Å². The maximum absolute atomic E-state index is 10.9. The second-order valence-corrected chi connectivity index (χ2v) is 9.80. The van der Waals surface area contributed by atoms with Crippen LogP contribution in [-0.4, -0.2) is 61.4 Å². The third-order valence-electron chi connectivity index (χ3n) is 5.44. The SMILES string of the molecule is CN/C(=C\[N+](=O)[O-])NCCSCc1ccc(CN(C)C)o1.COc1ccc2cc([C@H](C)C(=O)O)ccc2c1. The molecule has 0 bridgehead atoms. The minimum Gasteiger partial charge on any atom is -0.497 e. The Labute approximate surface area is 227 Å². The van der Waals surface area contributed by atoms with E-state index in [1.165, 1.54) is 0 Å². The Bertz CT molecular complexity index is 1230. The molecule has 0 amide bonds. The highest BCUT2D eigenvalue weighted by Crippen LogP contribution is 2.25. The lowest BCUT2D eigenvalue weighted by Crippen LogP contribution is -2.26. The van der Waals surface area contributed by atoms with Gasteiger partial charge in [0, 0.05) is 19.3 Å². The van der Waals surface area contributed by atoms with Gasteiger partial charge in [-0.25, -0.2) is 0 Å². The second kappa shape index (κ2) is 15.5. The first-order valence-corrected chi connectivity index (χ1v) is 13.2. The van der Waals surface area contributed by atoms with Crippen LogP contribution >= 0.6 is 11.8 Å². The Morgan fingerprint density at radius 1 is 1.18 bits per heavy atom. The first kappa shape index (κ1) is 30.5. The number of carbonyl (C=O) groups is 1. The Balaban J connectivity index is 0.000000272. The van der Waals surface area contributed by atoms with Gasteiger partial charge in [-0.2, -0.15) is 11.8 Å². The van der Waals surface area contributed by atoms with Crippen LogP contribution in [0.2, 0.25) is 0 Å². The van der Waals surface area contributed by atoms with E-state index in [9.17, 15) is 14.9 Å². The summed E-state index contributed by atoms with van der Waals surface area (Å²) < 4.78 is 10.8. The predicted molar refractivity (Wildman–Crippen MR) is 151 cm³/mol. The van der Waals surface area contributed by atoms with Gasteiger partial charge in [-0.3, -0.25) is 14.9 Å². The summed E-state index contributed by atoms with van der Waals surface area (Å²) in [5.74, 6) is 3.46. The summed E-state index contributed by atoms with van der Waals surface area (Å²) in [7, 11) is 7.27. The molecule has 11 heteroatoms. The quantitative estimate of drug-likeness (QED) is 0.161. The zero-order valence-corrected chi connectivity index (χ0v) is 23.2. The van der Waals surface area contributed by atoms with Crippen molar-refractivity contribution < 1.29 is 24.0 Å². The molecule has 0 saturated heterocycles. The van der Waals surface area contributed by atoms with Gasteiger partial charge >= 0.3 is 5.97 Å². The van der Waals surface area contributed by atoms with Gasteiger partial charge in [-0.05, 0) is 61.6 Å². The van der Waals surface area contributed by atoms with Crippen LogP contribution in [0.15, 0.2) is 65.0 Å². The van der Waals surface area contributed by atoms with Gasteiger partial charge in [0.25, 0.3) is 6.20 Å². The molecule has 0 radical (unpaired) electrons. The molecule has 3 N–H and O–H groups in total. The molecular formula is C27H36N4O6S. The maximum atomic E-state index is 10.9. The second-order valence-electron chi connectivity index (χ2n) is 8.70. The molecule has 0 aliphatic carbocycles. The average Bonchev–Trinajstić information content (AvgIpc) is 3.33. The van der Waals surface area contributed by atoms with Crippen molar-refractivity contribution in [2.45, 2.75) is 25.1 Å².